The molecular weight excluding hydrogens is 288 g/mol. The van der Waals surface area contributed by atoms with Gasteiger partial charge in [-0.2, -0.15) is 0 Å². The van der Waals surface area contributed by atoms with E-state index in [1.807, 2.05) is 31.2 Å². The third-order valence-corrected chi connectivity index (χ3v) is 3.83. The van der Waals surface area contributed by atoms with E-state index in [-0.39, 0.29) is 5.91 Å². The highest BCUT2D eigenvalue weighted by molar-refractivity contribution is 6.03. The summed E-state index contributed by atoms with van der Waals surface area (Å²) in [6.07, 6.45) is 2.28. The van der Waals surface area contributed by atoms with E-state index in [2.05, 4.69) is 34.4 Å². The van der Waals surface area contributed by atoms with Crippen LogP contribution in [0, 0.1) is 6.92 Å². The second kappa shape index (κ2) is 6.36. The second-order valence-corrected chi connectivity index (χ2v) is 6.33. The first-order valence-electron chi connectivity index (χ1n) is 8.05. The van der Waals surface area contributed by atoms with Crippen LogP contribution < -0.4 is 10.6 Å². The Hall–Kier alpha value is -2.43. The summed E-state index contributed by atoms with van der Waals surface area (Å²) >= 11 is 0. The third-order valence-electron chi connectivity index (χ3n) is 3.83. The molecule has 0 aliphatic heterocycles. The van der Waals surface area contributed by atoms with Gasteiger partial charge in [0, 0.05) is 17.4 Å². The smallest absolute Gasteiger partial charge is 0.274 e. The van der Waals surface area contributed by atoms with Crippen molar-refractivity contribution in [3.8, 4) is 0 Å². The summed E-state index contributed by atoms with van der Waals surface area (Å²) in [6.45, 7) is 6.09. The Kier molecular flexibility index (Phi) is 4.28. The van der Waals surface area contributed by atoms with Crippen LogP contribution in [0.5, 0.6) is 0 Å². The zero-order valence-corrected chi connectivity index (χ0v) is 13.8. The minimum atomic E-state index is -0.206. The highest BCUT2D eigenvalue weighted by Gasteiger charge is 2.22. The number of carbonyl (C=O) groups is 1. The fourth-order valence-corrected chi connectivity index (χ4v) is 2.46. The van der Waals surface area contributed by atoms with Crippen molar-refractivity contribution >= 4 is 17.5 Å². The van der Waals surface area contributed by atoms with Crippen molar-refractivity contribution < 1.29 is 4.79 Å². The average molecular weight is 310 g/mol. The first-order chi connectivity index (χ1) is 11.0. The number of hydrogen-bond acceptors (Lipinski definition) is 4. The predicted octanol–water partition coefficient (Wildman–Crippen LogP) is 3.74. The maximum atomic E-state index is 12.6. The molecule has 1 aliphatic rings. The lowest BCUT2D eigenvalue weighted by Gasteiger charge is -2.14. The van der Waals surface area contributed by atoms with Gasteiger partial charge in [0.15, 0.2) is 0 Å². The molecular formula is C18H22N4O. The molecule has 5 nitrogen and oxygen atoms in total. The number of hydrogen-bond donors (Lipinski definition) is 2. The van der Waals surface area contributed by atoms with Crippen molar-refractivity contribution in [2.45, 2.75) is 45.6 Å². The highest BCUT2D eigenvalue weighted by atomic mass is 16.1. The van der Waals surface area contributed by atoms with E-state index in [4.69, 9.17) is 0 Å². The molecule has 0 radical (unpaired) electrons. The Morgan fingerprint density at radius 1 is 1.22 bits per heavy atom. The van der Waals surface area contributed by atoms with Gasteiger partial charge in [-0.1, -0.05) is 32.0 Å². The normalized spacial score (nSPS) is 13.9. The quantitative estimate of drug-likeness (QED) is 0.883. The number of anilines is 2. The zero-order chi connectivity index (χ0) is 16.4. The Labute approximate surface area is 136 Å². The van der Waals surface area contributed by atoms with E-state index in [9.17, 15) is 4.79 Å². The van der Waals surface area contributed by atoms with Gasteiger partial charge in [-0.25, -0.2) is 9.97 Å². The van der Waals surface area contributed by atoms with Crippen LogP contribution in [0.25, 0.3) is 0 Å². The van der Waals surface area contributed by atoms with Crippen molar-refractivity contribution in [1.29, 1.82) is 0 Å². The maximum absolute atomic E-state index is 12.6. The Balaban J connectivity index is 1.81. The average Bonchev–Trinajstić information content (AvgIpc) is 3.31. The fourth-order valence-electron chi connectivity index (χ4n) is 2.46. The van der Waals surface area contributed by atoms with Crippen LogP contribution in [0.3, 0.4) is 0 Å². The first kappa shape index (κ1) is 15.5. The van der Waals surface area contributed by atoms with Crippen LogP contribution in [0.4, 0.5) is 11.6 Å². The number of nitrogens with zero attached hydrogens (tertiary/aromatic N) is 2. The molecule has 23 heavy (non-hydrogen) atoms. The minimum absolute atomic E-state index is 0.206. The summed E-state index contributed by atoms with van der Waals surface area (Å²) in [5, 5.41) is 6.22. The van der Waals surface area contributed by atoms with Crippen LogP contribution in [-0.4, -0.2) is 21.9 Å². The molecule has 0 atom stereocenters. The van der Waals surface area contributed by atoms with Crippen LogP contribution in [0.2, 0.25) is 0 Å². The molecule has 0 unspecified atom stereocenters. The van der Waals surface area contributed by atoms with E-state index in [1.165, 1.54) is 0 Å². The SMILES string of the molecule is Cc1cc(C(=O)Nc2ccccc2C(C)C)nc(NC2CC2)n1. The van der Waals surface area contributed by atoms with Crippen molar-refractivity contribution in [1.82, 2.24) is 9.97 Å². The number of nitrogens with one attached hydrogen (secondary N) is 2. The molecule has 1 saturated carbocycles. The number of carbonyl (C=O) groups excluding carboxylic acids is 1. The fraction of sp³-hybridized carbons (Fsp3) is 0.389. The predicted molar refractivity (Wildman–Crippen MR) is 91.9 cm³/mol. The molecule has 1 amide bonds. The lowest BCUT2D eigenvalue weighted by Crippen LogP contribution is -2.17. The Morgan fingerprint density at radius 3 is 2.65 bits per heavy atom. The minimum Gasteiger partial charge on any atom is -0.351 e. The van der Waals surface area contributed by atoms with Gasteiger partial charge in [0.05, 0.1) is 0 Å². The highest BCUT2D eigenvalue weighted by Crippen LogP contribution is 2.25. The first-order valence-corrected chi connectivity index (χ1v) is 8.05. The van der Waals surface area contributed by atoms with Gasteiger partial charge in [-0.15, -0.1) is 0 Å². The van der Waals surface area contributed by atoms with Gasteiger partial charge < -0.3 is 10.6 Å². The van der Waals surface area contributed by atoms with E-state index in [1.54, 1.807) is 6.07 Å². The molecule has 1 aromatic heterocycles. The lowest BCUT2D eigenvalue weighted by molar-refractivity contribution is 0.102. The molecule has 120 valence electrons. The topological polar surface area (TPSA) is 66.9 Å². The summed E-state index contributed by atoms with van der Waals surface area (Å²) in [6, 6.07) is 10.0. The summed E-state index contributed by atoms with van der Waals surface area (Å²) < 4.78 is 0. The van der Waals surface area contributed by atoms with Gasteiger partial charge in [0.25, 0.3) is 5.91 Å². The molecule has 0 bridgehead atoms. The summed E-state index contributed by atoms with van der Waals surface area (Å²) in [4.78, 5) is 21.3. The summed E-state index contributed by atoms with van der Waals surface area (Å²) in [5.74, 6) is 0.669. The van der Waals surface area contributed by atoms with Crippen LogP contribution in [0.15, 0.2) is 30.3 Å². The van der Waals surface area contributed by atoms with Gasteiger partial charge >= 0.3 is 0 Å². The number of aromatic nitrogens is 2. The van der Waals surface area contributed by atoms with Gasteiger partial charge in [0.2, 0.25) is 5.95 Å². The van der Waals surface area contributed by atoms with Crippen molar-refractivity contribution in [3.05, 3.63) is 47.3 Å². The zero-order valence-electron chi connectivity index (χ0n) is 13.8. The van der Waals surface area contributed by atoms with Crippen LogP contribution in [-0.2, 0) is 0 Å². The Morgan fingerprint density at radius 2 is 1.96 bits per heavy atom. The molecule has 5 heteroatoms. The molecule has 1 aromatic carbocycles. The standard InChI is InChI=1S/C18H22N4O/c1-11(2)14-6-4-5-7-15(14)21-17(23)16-10-12(3)19-18(22-16)20-13-8-9-13/h4-7,10-11,13H,8-9H2,1-3H3,(H,21,23)(H,19,20,22). The second-order valence-electron chi connectivity index (χ2n) is 6.33. The number of aryl methyl sites for hydroxylation is 1. The third kappa shape index (κ3) is 3.86. The molecule has 3 rings (SSSR count). The summed E-state index contributed by atoms with van der Waals surface area (Å²) in [5.41, 5.74) is 3.12. The molecule has 1 fully saturated rings. The number of rotatable bonds is 5. The molecule has 2 aromatic rings. The van der Waals surface area contributed by atoms with Crippen molar-refractivity contribution in [2.24, 2.45) is 0 Å². The molecule has 2 N–H and O–H groups in total. The number of amides is 1. The van der Waals surface area contributed by atoms with Crippen molar-refractivity contribution in [2.75, 3.05) is 10.6 Å². The summed E-state index contributed by atoms with van der Waals surface area (Å²) in [7, 11) is 0. The van der Waals surface area contributed by atoms with E-state index in [0.717, 1.165) is 29.8 Å². The number of para-hydroxylation sites is 1. The molecule has 0 spiro atoms. The maximum Gasteiger partial charge on any atom is 0.274 e. The van der Waals surface area contributed by atoms with Gasteiger partial charge in [-0.3, -0.25) is 4.79 Å². The Bertz CT molecular complexity index is 723. The largest absolute Gasteiger partial charge is 0.351 e. The van der Waals surface area contributed by atoms with E-state index in [0.29, 0.717) is 23.6 Å². The number of benzene rings is 1. The van der Waals surface area contributed by atoms with E-state index < -0.39 is 0 Å². The molecule has 1 heterocycles. The van der Waals surface area contributed by atoms with Gasteiger partial charge in [0.1, 0.15) is 5.69 Å². The van der Waals surface area contributed by atoms with Crippen LogP contribution in [0.1, 0.15) is 54.4 Å². The van der Waals surface area contributed by atoms with E-state index >= 15 is 0 Å². The lowest BCUT2D eigenvalue weighted by atomic mass is 10.0. The molecule has 0 saturated heterocycles. The van der Waals surface area contributed by atoms with Gasteiger partial charge in [-0.05, 0) is 43.4 Å². The van der Waals surface area contributed by atoms with Crippen molar-refractivity contribution in [3.63, 3.8) is 0 Å². The van der Waals surface area contributed by atoms with Crippen LogP contribution >= 0.6 is 0 Å². The molecule has 1 aliphatic carbocycles. The monoisotopic (exact) mass is 310 g/mol.